The number of hydrogen-bond acceptors (Lipinski definition) is 2. The maximum Gasteiger partial charge on any atom is 0.339 e. The average molecular weight is 244 g/mol. The highest BCUT2D eigenvalue weighted by atomic mass is 16.4. The van der Waals surface area contributed by atoms with Gasteiger partial charge in [-0.15, -0.1) is 0 Å². The zero-order valence-electron chi connectivity index (χ0n) is 10.8. The summed E-state index contributed by atoms with van der Waals surface area (Å²) < 4.78 is 1.65. The van der Waals surface area contributed by atoms with Gasteiger partial charge in [-0.3, -0.25) is 4.68 Å². The molecule has 0 saturated carbocycles. The third-order valence-electron chi connectivity index (χ3n) is 2.81. The standard InChI is InChI=1S/C14H16N2O2/c1-4-16-8-12(14(17)18)13(15-16)11-6-9(2)5-10(3)7-11/h5-8H,4H2,1-3H3,(H,17,18). The fourth-order valence-corrected chi connectivity index (χ4v) is 2.06. The SMILES string of the molecule is CCn1cc(C(=O)O)c(-c2cc(C)cc(C)c2)n1. The minimum Gasteiger partial charge on any atom is -0.478 e. The summed E-state index contributed by atoms with van der Waals surface area (Å²) in [5.41, 5.74) is 3.86. The van der Waals surface area contributed by atoms with E-state index in [1.54, 1.807) is 10.9 Å². The molecule has 0 saturated heterocycles. The molecule has 4 nitrogen and oxygen atoms in total. The van der Waals surface area contributed by atoms with E-state index in [0.29, 0.717) is 12.2 Å². The van der Waals surface area contributed by atoms with Crippen molar-refractivity contribution < 1.29 is 9.90 Å². The summed E-state index contributed by atoms with van der Waals surface area (Å²) in [6.45, 7) is 6.58. The average Bonchev–Trinajstić information content (AvgIpc) is 2.71. The topological polar surface area (TPSA) is 55.1 Å². The fourth-order valence-electron chi connectivity index (χ4n) is 2.06. The molecule has 2 aromatic rings. The molecule has 0 radical (unpaired) electrons. The zero-order valence-corrected chi connectivity index (χ0v) is 10.8. The second-order valence-electron chi connectivity index (χ2n) is 4.43. The second-order valence-corrected chi connectivity index (χ2v) is 4.43. The lowest BCUT2D eigenvalue weighted by Gasteiger charge is -2.03. The number of carbonyl (C=O) groups is 1. The van der Waals surface area contributed by atoms with Crippen LogP contribution in [0.5, 0.6) is 0 Å². The molecule has 0 aliphatic rings. The molecule has 0 unspecified atom stereocenters. The molecule has 0 amide bonds. The minimum atomic E-state index is -0.941. The van der Waals surface area contributed by atoms with Crippen molar-refractivity contribution in [2.24, 2.45) is 0 Å². The Kier molecular flexibility index (Phi) is 3.19. The first kappa shape index (κ1) is 12.4. The number of aromatic nitrogens is 2. The van der Waals surface area contributed by atoms with E-state index in [-0.39, 0.29) is 5.56 Å². The molecule has 0 aliphatic heterocycles. The summed E-state index contributed by atoms with van der Waals surface area (Å²) >= 11 is 0. The number of aryl methyl sites for hydroxylation is 3. The van der Waals surface area contributed by atoms with E-state index in [2.05, 4.69) is 11.2 Å². The van der Waals surface area contributed by atoms with Gasteiger partial charge in [0.25, 0.3) is 0 Å². The molecule has 2 rings (SSSR count). The van der Waals surface area contributed by atoms with Gasteiger partial charge in [0.1, 0.15) is 11.3 Å². The molecule has 18 heavy (non-hydrogen) atoms. The molecule has 1 N–H and O–H groups in total. The summed E-state index contributed by atoms with van der Waals surface area (Å²) in [7, 11) is 0. The number of nitrogens with zero attached hydrogens (tertiary/aromatic N) is 2. The van der Waals surface area contributed by atoms with Gasteiger partial charge in [0.2, 0.25) is 0 Å². The quantitative estimate of drug-likeness (QED) is 0.903. The number of rotatable bonds is 3. The molecular formula is C14H16N2O2. The Labute approximate surface area is 106 Å². The van der Waals surface area contributed by atoms with Crippen LogP contribution in [0.25, 0.3) is 11.3 Å². The van der Waals surface area contributed by atoms with Gasteiger partial charge < -0.3 is 5.11 Å². The Hall–Kier alpha value is -2.10. The molecule has 0 spiro atoms. The molecule has 0 atom stereocenters. The van der Waals surface area contributed by atoms with E-state index >= 15 is 0 Å². The lowest BCUT2D eigenvalue weighted by Crippen LogP contribution is -1.97. The van der Waals surface area contributed by atoms with Crippen LogP contribution in [0.1, 0.15) is 28.4 Å². The van der Waals surface area contributed by atoms with Crippen LogP contribution in [-0.2, 0) is 6.54 Å². The van der Waals surface area contributed by atoms with Gasteiger partial charge in [-0.05, 0) is 32.9 Å². The van der Waals surface area contributed by atoms with Gasteiger partial charge in [0.05, 0.1) is 0 Å². The number of benzene rings is 1. The molecule has 0 aliphatic carbocycles. The van der Waals surface area contributed by atoms with Crippen LogP contribution in [0, 0.1) is 13.8 Å². The van der Waals surface area contributed by atoms with E-state index in [4.69, 9.17) is 0 Å². The smallest absolute Gasteiger partial charge is 0.339 e. The largest absolute Gasteiger partial charge is 0.478 e. The van der Waals surface area contributed by atoms with E-state index in [1.165, 1.54) is 0 Å². The van der Waals surface area contributed by atoms with Crippen molar-refractivity contribution in [1.82, 2.24) is 9.78 Å². The Bertz CT molecular complexity index is 580. The third-order valence-corrected chi connectivity index (χ3v) is 2.81. The summed E-state index contributed by atoms with van der Waals surface area (Å²) in [6.07, 6.45) is 1.58. The number of hydrogen-bond donors (Lipinski definition) is 1. The minimum absolute atomic E-state index is 0.252. The van der Waals surface area contributed by atoms with E-state index in [1.807, 2.05) is 32.9 Å². The first-order valence-corrected chi connectivity index (χ1v) is 5.90. The summed E-state index contributed by atoms with van der Waals surface area (Å²) in [4.78, 5) is 11.2. The third kappa shape index (κ3) is 2.27. The molecule has 1 aromatic heterocycles. The van der Waals surface area contributed by atoms with E-state index in [0.717, 1.165) is 16.7 Å². The van der Waals surface area contributed by atoms with Crippen molar-refractivity contribution in [3.63, 3.8) is 0 Å². The van der Waals surface area contributed by atoms with Crippen LogP contribution in [0.15, 0.2) is 24.4 Å². The predicted molar refractivity (Wildman–Crippen MR) is 69.8 cm³/mol. The van der Waals surface area contributed by atoms with Gasteiger partial charge in [0.15, 0.2) is 0 Å². The van der Waals surface area contributed by atoms with E-state index < -0.39 is 5.97 Å². The van der Waals surface area contributed by atoms with Crippen LogP contribution in [0.3, 0.4) is 0 Å². The van der Waals surface area contributed by atoms with Crippen LogP contribution >= 0.6 is 0 Å². The highest BCUT2D eigenvalue weighted by Gasteiger charge is 2.16. The second kappa shape index (κ2) is 4.64. The van der Waals surface area contributed by atoms with Gasteiger partial charge in [0, 0.05) is 18.3 Å². The Morgan fingerprint density at radius 1 is 1.28 bits per heavy atom. The Morgan fingerprint density at radius 2 is 1.89 bits per heavy atom. The highest BCUT2D eigenvalue weighted by Crippen LogP contribution is 2.24. The van der Waals surface area contributed by atoms with Crippen LogP contribution in [0.4, 0.5) is 0 Å². The monoisotopic (exact) mass is 244 g/mol. The van der Waals surface area contributed by atoms with E-state index in [9.17, 15) is 9.90 Å². The van der Waals surface area contributed by atoms with Crippen molar-refractivity contribution in [1.29, 1.82) is 0 Å². The highest BCUT2D eigenvalue weighted by molar-refractivity contribution is 5.94. The maximum absolute atomic E-state index is 11.2. The molecule has 0 bridgehead atoms. The first-order chi connectivity index (χ1) is 8.51. The van der Waals surface area contributed by atoms with Crippen molar-refractivity contribution in [3.05, 3.63) is 41.1 Å². The summed E-state index contributed by atoms with van der Waals surface area (Å²) in [6, 6.07) is 5.98. The molecule has 94 valence electrons. The Balaban J connectivity index is 2.61. The number of carboxylic acid groups (broad SMARTS) is 1. The van der Waals surface area contributed by atoms with Gasteiger partial charge in [-0.1, -0.05) is 17.2 Å². The fraction of sp³-hybridized carbons (Fsp3) is 0.286. The van der Waals surface area contributed by atoms with Crippen molar-refractivity contribution in [2.75, 3.05) is 0 Å². The molecule has 1 heterocycles. The molecule has 0 fully saturated rings. The lowest BCUT2D eigenvalue weighted by atomic mass is 10.0. The Morgan fingerprint density at radius 3 is 2.39 bits per heavy atom. The number of carboxylic acids is 1. The van der Waals surface area contributed by atoms with Crippen LogP contribution in [-0.4, -0.2) is 20.9 Å². The van der Waals surface area contributed by atoms with Crippen molar-refractivity contribution >= 4 is 5.97 Å². The summed E-state index contributed by atoms with van der Waals surface area (Å²) in [5, 5.41) is 13.6. The first-order valence-electron chi connectivity index (χ1n) is 5.90. The molecule has 1 aromatic carbocycles. The van der Waals surface area contributed by atoms with Crippen molar-refractivity contribution in [3.8, 4) is 11.3 Å². The van der Waals surface area contributed by atoms with Crippen LogP contribution in [0.2, 0.25) is 0 Å². The normalized spacial score (nSPS) is 10.6. The van der Waals surface area contributed by atoms with Gasteiger partial charge >= 0.3 is 5.97 Å². The zero-order chi connectivity index (χ0) is 13.3. The lowest BCUT2D eigenvalue weighted by molar-refractivity contribution is 0.0697. The number of aromatic carboxylic acids is 1. The van der Waals surface area contributed by atoms with Gasteiger partial charge in [-0.25, -0.2) is 4.79 Å². The maximum atomic E-state index is 11.2. The van der Waals surface area contributed by atoms with Gasteiger partial charge in [-0.2, -0.15) is 5.10 Å². The van der Waals surface area contributed by atoms with Crippen molar-refractivity contribution in [2.45, 2.75) is 27.3 Å². The van der Waals surface area contributed by atoms with Crippen LogP contribution < -0.4 is 0 Å². The molecule has 4 heteroatoms. The molecular weight excluding hydrogens is 228 g/mol. The predicted octanol–water partition coefficient (Wildman–Crippen LogP) is 2.89. The summed E-state index contributed by atoms with van der Waals surface area (Å²) in [5.74, 6) is -0.941.